The van der Waals surface area contributed by atoms with Crippen LogP contribution in [0.1, 0.15) is 41.9 Å². The summed E-state index contributed by atoms with van der Waals surface area (Å²) in [5, 5.41) is 16.5. The lowest BCUT2D eigenvalue weighted by Crippen LogP contribution is -2.52. The van der Waals surface area contributed by atoms with Crippen molar-refractivity contribution in [1.82, 2.24) is 15.1 Å². The van der Waals surface area contributed by atoms with Crippen LogP contribution in [0.3, 0.4) is 0 Å². The third kappa shape index (κ3) is 2.84. The van der Waals surface area contributed by atoms with E-state index in [0.717, 1.165) is 24.2 Å². The van der Waals surface area contributed by atoms with Gasteiger partial charge in [-0.25, -0.2) is 9.48 Å². The summed E-state index contributed by atoms with van der Waals surface area (Å²) in [5.74, 6) is -1.41. The highest BCUT2D eigenvalue weighted by Crippen LogP contribution is 2.30. The summed E-state index contributed by atoms with van der Waals surface area (Å²) in [7, 11) is 0. The highest BCUT2D eigenvalue weighted by Gasteiger charge is 2.43. The second-order valence-corrected chi connectivity index (χ2v) is 5.97. The normalized spacial score (nSPS) is 16.2. The maximum Gasteiger partial charge on any atom is 0.329 e. The SMILES string of the molecule is Cc1cc(C(=O)NC2(C(=O)O)CCCC2)nn1-c1ccccc1. The molecule has 2 aromatic rings. The van der Waals surface area contributed by atoms with Crippen LogP contribution >= 0.6 is 0 Å². The minimum Gasteiger partial charge on any atom is -0.480 e. The number of benzene rings is 1. The number of carboxylic acids is 1. The first-order valence-corrected chi connectivity index (χ1v) is 7.70. The fourth-order valence-electron chi connectivity index (χ4n) is 3.07. The molecule has 23 heavy (non-hydrogen) atoms. The van der Waals surface area contributed by atoms with E-state index in [1.165, 1.54) is 0 Å². The molecule has 1 aromatic carbocycles. The Labute approximate surface area is 134 Å². The van der Waals surface area contributed by atoms with Crippen molar-refractivity contribution < 1.29 is 14.7 Å². The molecule has 0 saturated heterocycles. The summed E-state index contributed by atoms with van der Waals surface area (Å²) in [4.78, 5) is 24.0. The first-order valence-electron chi connectivity index (χ1n) is 7.70. The maximum atomic E-state index is 12.5. The van der Waals surface area contributed by atoms with E-state index in [4.69, 9.17) is 0 Å². The molecule has 6 nitrogen and oxygen atoms in total. The molecule has 1 amide bonds. The van der Waals surface area contributed by atoms with Crippen LogP contribution in [0, 0.1) is 6.92 Å². The summed E-state index contributed by atoms with van der Waals surface area (Å²) < 4.78 is 1.68. The highest BCUT2D eigenvalue weighted by atomic mass is 16.4. The molecule has 6 heteroatoms. The van der Waals surface area contributed by atoms with Gasteiger partial charge in [0.05, 0.1) is 5.69 Å². The quantitative estimate of drug-likeness (QED) is 0.907. The summed E-state index contributed by atoms with van der Waals surface area (Å²) in [5.41, 5.74) is 0.760. The molecule has 0 spiro atoms. The minimum absolute atomic E-state index is 0.235. The molecule has 1 saturated carbocycles. The van der Waals surface area contributed by atoms with Gasteiger partial charge in [0.2, 0.25) is 0 Å². The molecule has 1 fully saturated rings. The largest absolute Gasteiger partial charge is 0.480 e. The number of hydrogen-bond acceptors (Lipinski definition) is 3. The van der Waals surface area contributed by atoms with Gasteiger partial charge in [-0.1, -0.05) is 31.0 Å². The Balaban J connectivity index is 1.85. The van der Waals surface area contributed by atoms with Gasteiger partial charge in [-0.3, -0.25) is 4.79 Å². The van der Waals surface area contributed by atoms with Gasteiger partial charge in [0, 0.05) is 5.69 Å². The lowest BCUT2D eigenvalue weighted by atomic mass is 9.97. The van der Waals surface area contributed by atoms with E-state index in [0.29, 0.717) is 12.8 Å². The van der Waals surface area contributed by atoms with Crippen molar-refractivity contribution in [3.05, 3.63) is 47.8 Å². The van der Waals surface area contributed by atoms with Crippen molar-refractivity contribution in [2.45, 2.75) is 38.1 Å². The van der Waals surface area contributed by atoms with Crippen molar-refractivity contribution in [3.8, 4) is 5.69 Å². The van der Waals surface area contributed by atoms with Gasteiger partial charge in [0.1, 0.15) is 5.54 Å². The zero-order chi connectivity index (χ0) is 16.4. The highest BCUT2D eigenvalue weighted by molar-refractivity contribution is 5.96. The van der Waals surface area contributed by atoms with Crippen LogP contribution in [0.4, 0.5) is 0 Å². The number of aliphatic carboxylic acids is 1. The standard InChI is InChI=1S/C17H19N3O3/c1-12-11-14(19-20(12)13-7-3-2-4-8-13)15(21)18-17(16(22)23)9-5-6-10-17/h2-4,7-8,11H,5-6,9-10H2,1H3,(H,18,21)(H,22,23). The lowest BCUT2D eigenvalue weighted by molar-refractivity contribution is -0.144. The van der Waals surface area contributed by atoms with Crippen LogP contribution in [0.25, 0.3) is 5.69 Å². The summed E-state index contributed by atoms with van der Waals surface area (Å²) >= 11 is 0. The van der Waals surface area contributed by atoms with E-state index in [1.807, 2.05) is 37.3 Å². The van der Waals surface area contributed by atoms with E-state index in [9.17, 15) is 14.7 Å². The second kappa shape index (κ2) is 5.87. The number of aryl methyl sites for hydroxylation is 1. The van der Waals surface area contributed by atoms with Crippen molar-refractivity contribution in [3.63, 3.8) is 0 Å². The Hall–Kier alpha value is -2.63. The Morgan fingerprint density at radius 2 is 1.87 bits per heavy atom. The number of nitrogens with zero attached hydrogens (tertiary/aromatic N) is 2. The van der Waals surface area contributed by atoms with Crippen molar-refractivity contribution in [2.24, 2.45) is 0 Å². The first-order chi connectivity index (χ1) is 11.0. The van der Waals surface area contributed by atoms with Crippen LogP contribution in [0.5, 0.6) is 0 Å². The molecule has 1 aromatic heterocycles. The number of hydrogen-bond donors (Lipinski definition) is 2. The molecule has 0 atom stereocenters. The van der Waals surface area contributed by atoms with E-state index in [-0.39, 0.29) is 5.69 Å². The number of carboxylic acid groups (broad SMARTS) is 1. The van der Waals surface area contributed by atoms with E-state index in [2.05, 4.69) is 10.4 Å². The van der Waals surface area contributed by atoms with Gasteiger partial charge >= 0.3 is 5.97 Å². The predicted molar refractivity (Wildman–Crippen MR) is 84.6 cm³/mol. The maximum absolute atomic E-state index is 12.5. The molecule has 120 valence electrons. The predicted octanol–water partition coefficient (Wildman–Crippen LogP) is 2.31. The third-order valence-corrected chi connectivity index (χ3v) is 4.34. The summed E-state index contributed by atoms with van der Waals surface area (Å²) in [6.07, 6.45) is 2.55. The molecule has 0 bridgehead atoms. The summed E-state index contributed by atoms with van der Waals surface area (Å²) in [6.45, 7) is 1.86. The van der Waals surface area contributed by atoms with Crippen molar-refractivity contribution >= 4 is 11.9 Å². The number of aromatic nitrogens is 2. The van der Waals surface area contributed by atoms with Gasteiger partial charge < -0.3 is 10.4 Å². The molecular formula is C17H19N3O3. The van der Waals surface area contributed by atoms with Crippen LogP contribution in [-0.4, -0.2) is 32.3 Å². The number of carbonyl (C=O) groups is 2. The second-order valence-electron chi connectivity index (χ2n) is 5.97. The average molecular weight is 313 g/mol. The molecule has 0 aliphatic heterocycles. The van der Waals surface area contributed by atoms with Crippen LogP contribution in [0.15, 0.2) is 36.4 Å². The lowest BCUT2D eigenvalue weighted by Gasteiger charge is -2.24. The van der Waals surface area contributed by atoms with Gasteiger partial charge in [-0.15, -0.1) is 0 Å². The van der Waals surface area contributed by atoms with E-state index in [1.54, 1.807) is 10.7 Å². The Kier molecular flexibility index (Phi) is 3.90. The Morgan fingerprint density at radius 1 is 1.22 bits per heavy atom. The fourth-order valence-corrected chi connectivity index (χ4v) is 3.07. The Morgan fingerprint density at radius 3 is 2.48 bits per heavy atom. The van der Waals surface area contributed by atoms with Crippen LogP contribution in [-0.2, 0) is 4.79 Å². The molecule has 0 radical (unpaired) electrons. The van der Waals surface area contributed by atoms with Gasteiger partial charge in [0.15, 0.2) is 5.69 Å². The van der Waals surface area contributed by atoms with Gasteiger partial charge in [0.25, 0.3) is 5.91 Å². The van der Waals surface area contributed by atoms with E-state index < -0.39 is 17.4 Å². The third-order valence-electron chi connectivity index (χ3n) is 4.34. The number of nitrogens with one attached hydrogen (secondary N) is 1. The molecule has 1 aliphatic rings. The van der Waals surface area contributed by atoms with Crippen molar-refractivity contribution in [1.29, 1.82) is 0 Å². The monoisotopic (exact) mass is 313 g/mol. The summed E-state index contributed by atoms with van der Waals surface area (Å²) in [6, 6.07) is 11.2. The van der Waals surface area contributed by atoms with Crippen LogP contribution in [0.2, 0.25) is 0 Å². The molecule has 1 aliphatic carbocycles. The minimum atomic E-state index is -1.15. The zero-order valence-electron chi connectivity index (χ0n) is 13.0. The van der Waals surface area contributed by atoms with Crippen LogP contribution < -0.4 is 5.32 Å². The fraction of sp³-hybridized carbons (Fsp3) is 0.353. The van der Waals surface area contributed by atoms with Crippen molar-refractivity contribution in [2.75, 3.05) is 0 Å². The smallest absolute Gasteiger partial charge is 0.329 e. The molecule has 1 heterocycles. The number of para-hydroxylation sites is 1. The van der Waals surface area contributed by atoms with Gasteiger partial charge in [-0.2, -0.15) is 5.10 Å². The number of rotatable bonds is 4. The molecule has 3 rings (SSSR count). The van der Waals surface area contributed by atoms with E-state index >= 15 is 0 Å². The average Bonchev–Trinajstić information content (AvgIpc) is 3.16. The Bertz CT molecular complexity index is 731. The molecular weight excluding hydrogens is 294 g/mol. The van der Waals surface area contributed by atoms with Gasteiger partial charge in [-0.05, 0) is 38.0 Å². The number of carbonyl (C=O) groups excluding carboxylic acids is 1. The molecule has 0 unspecified atom stereocenters. The zero-order valence-corrected chi connectivity index (χ0v) is 13.0. The topological polar surface area (TPSA) is 84.2 Å². The molecule has 2 N–H and O–H groups in total. The first kappa shape index (κ1) is 15.3. The number of amides is 1.